The molecule has 0 bridgehead atoms. The molecule has 0 saturated carbocycles. The van der Waals surface area contributed by atoms with E-state index in [1.54, 1.807) is 0 Å². The summed E-state index contributed by atoms with van der Waals surface area (Å²) < 4.78 is 19.0. The van der Waals surface area contributed by atoms with Gasteiger partial charge in [0.05, 0.1) is 0 Å². The van der Waals surface area contributed by atoms with Crippen molar-refractivity contribution in [3.05, 3.63) is 0 Å². The normalized spacial score (nSPS) is 16.3. The van der Waals surface area contributed by atoms with Crippen molar-refractivity contribution >= 4 is 15.4 Å². The highest BCUT2D eigenvalue weighted by Gasteiger charge is 1.88. The van der Waals surface area contributed by atoms with E-state index in [-0.39, 0.29) is 0 Å². The number of unbranched alkanes of at least 4 members (excludes halogenated alkanes) is 3. The summed E-state index contributed by atoms with van der Waals surface area (Å²) in [5.74, 6) is 0. The van der Waals surface area contributed by atoms with Gasteiger partial charge in [-0.2, -0.15) is 0 Å². The van der Waals surface area contributed by atoms with Crippen LogP contribution >= 0.6 is 0 Å². The number of hydrogen-bond donors (Lipinski definition) is 2. The van der Waals surface area contributed by atoms with Crippen LogP contribution in [0.1, 0.15) is 32.6 Å². The zero-order chi connectivity index (χ0) is 8.04. The van der Waals surface area contributed by atoms with Gasteiger partial charge >= 0.3 is 0 Å². The van der Waals surface area contributed by atoms with Crippen molar-refractivity contribution in [2.24, 2.45) is 5.14 Å². The van der Waals surface area contributed by atoms with Crippen LogP contribution in [-0.2, 0) is 9.99 Å². The van der Waals surface area contributed by atoms with Crippen LogP contribution in [-0.4, -0.2) is 14.1 Å². The van der Waals surface area contributed by atoms with Gasteiger partial charge in [-0.25, -0.2) is 9.35 Å². The van der Waals surface area contributed by atoms with E-state index in [4.69, 9.17) is 9.69 Å². The molecule has 1 atom stereocenters. The smallest absolute Gasteiger partial charge is 0.138 e. The van der Waals surface area contributed by atoms with E-state index in [1.165, 1.54) is 5.37 Å². The third-order valence-electron chi connectivity index (χ3n) is 1.16. The Kier molecular flexibility index (Phi) is 4.68. The molecule has 0 heterocycles. The Morgan fingerprint density at radius 3 is 2.60 bits per heavy atom. The highest BCUT2D eigenvalue weighted by molar-refractivity contribution is 7.93. The third kappa shape index (κ3) is 7.94. The molecule has 0 saturated heterocycles. The molecule has 4 heteroatoms. The van der Waals surface area contributed by atoms with Crippen molar-refractivity contribution in [3.63, 3.8) is 0 Å². The van der Waals surface area contributed by atoms with Gasteiger partial charge in [-0.1, -0.05) is 19.8 Å². The van der Waals surface area contributed by atoms with Crippen LogP contribution in [0.2, 0.25) is 0 Å². The fraction of sp³-hybridized carbons (Fsp3) is 0.833. The predicted octanol–water partition coefficient (Wildman–Crippen LogP) is 1.00. The van der Waals surface area contributed by atoms with Crippen LogP contribution < -0.4 is 5.14 Å². The first-order valence-electron chi connectivity index (χ1n) is 3.44. The summed E-state index contributed by atoms with van der Waals surface area (Å²) in [7, 11) is -3.08. The lowest BCUT2D eigenvalue weighted by Gasteiger charge is -1.94. The van der Waals surface area contributed by atoms with Crippen molar-refractivity contribution in [3.8, 4) is 0 Å². The molecule has 62 valence electrons. The second-order valence-electron chi connectivity index (χ2n) is 2.28. The van der Waals surface area contributed by atoms with Crippen LogP contribution in [0.4, 0.5) is 0 Å². The molecule has 10 heavy (non-hydrogen) atoms. The van der Waals surface area contributed by atoms with Crippen LogP contribution in [0.15, 0.2) is 0 Å². The molecule has 0 aliphatic rings. The predicted molar refractivity (Wildman–Crippen MR) is 45.2 cm³/mol. The Labute approximate surface area is 62.6 Å². The van der Waals surface area contributed by atoms with E-state index < -0.39 is 9.99 Å². The maximum absolute atomic E-state index is 10.4. The van der Waals surface area contributed by atoms with Crippen molar-refractivity contribution in [1.82, 2.24) is 0 Å². The molecule has 0 aromatic rings. The summed E-state index contributed by atoms with van der Waals surface area (Å²) in [5, 5.41) is 6.13. The minimum absolute atomic E-state index is 0.639. The second-order valence-corrected chi connectivity index (χ2v) is 3.84. The van der Waals surface area contributed by atoms with Crippen molar-refractivity contribution in [2.45, 2.75) is 32.6 Å². The molecule has 3 nitrogen and oxygen atoms in total. The summed E-state index contributed by atoms with van der Waals surface area (Å²) in [6.07, 6.45) is 3.79. The highest BCUT2D eigenvalue weighted by Crippen LogP contribution is 1.96. The van der Waals surface area contributed by atoms with Gasteiger partial charge in [-0.05, 0) is 12.8 Å². The van der Waals surface area contributed by atoms with Gasteiger partial charge in [0.1, 0.15) is 9.99 Å². The first kappa shape index (κ1) is 9.94. The Morgan fingerprint density at radius 2 is 2.20 bits per heavy atom. The molecular weight excluding hydrogens is 150 g/mol. The molecule has 0 amide bonds. The largest absolute Gasteiger partial charge is 0.303 e. The minimum atomic E-state index is -3.08. The summed E-state index contributed by atoms with van der Waals surface area (Å²) >= 11 is 0. The Hall–Kier alpha value is -0.0600. The van der Waals surface area contributed by atoms with Crippen LogP contribution in [0.5, 0.6) is 0 Å². The van der Waals surface area contributed by atoms with Crippen LogP contribution in [0.3, 0.4) is 0 Å². The maximum atomic E-state index is 10.4. The lowest BCUT2D eigenvalue weighted by Crippen LogP contribution is -2.13. The topological polar surface area (TPSA) is 63.3 Å². The summed E-state index contributed by atoms with van der Waals surface area (Å²) in [4.78, 5) is 0. The third-order valence-corrected chi connectivity index (χ3v) is 1.88. The number of rotatable bonds is 4. The monoisotopic (exact) mass is 165 g/mol. The van der Waals surface area contributed by atoms with Crippen molar-refractivity contribution in [1.29, 1.82) is 0 Å². The lowest BCUT2D eigenvalue weighted by atomic mass is 10.2. The summed E-state index contributed by atoms with van der Waals surface area (Å²) in [6.45, 7) is 2.08. The van der Waals surface area contributed by atoms with Gasteiger partial charge in [0.25, 0.3) is 0 Å². The van der Waals surface area contributed by atoms with E-state index in [2.05, 4.69) is 6.92 Å². The van der Waals surface area contributed by atoms with E-state index in [0.29, 0.717) is 6.42 Å². The molecule has 0 fully saturated rings. The molecule has 3 N–H and O–H groups in total. The average molecular weight is 165 g/mol. The molecule has 0 aliphatic heterocycles. The van der Waals surface area contributed by atoms with Crippen LogP contribution in [0.25, 0.3) is 0 Å². The first-order chi connectivity index (χ1) is 4.56. The number of nitrogens with two attached hydrogens (primary N) is 1. The molecule has 0 aliphatic carbocycles. The molecule has 0 spiro atoms. The summed E-state index contributed by atoms with van der Waals surface area (Å²) in [6, 6.07) is 0. The molecule has 1 unspecified atom stereocenters. The maximum Gasteiger partial charge on any atom is 0.138 e. The zero-order valence-electron chi connectivity index (χ0n) is 6.25. The van der Waals surface area contributed by atoms with Gasteiger partial charge in [0.15, 0.2) is 0 Å². The van der Waals surface area contributed by atoms with Crippen molar-refractivity contribution in [2.75, 3.05) is 0 Å². The zero-order valence-corrected chi connectivity index (χ0v) is 7.06. The molecular formula is C6H15NO2S. The van der Waals surface area contributed by atoms with Crippen LogP contribution in [0, 0.1) is 0 Å². The van der Waals surface area contributed by atoms with Gasteiger partial charge < -0.3 is 4.55 Å². The SMILES string of the molecule is CCCCCC=S(N)(=O)O. The van der Waals surface area contributed by atoms with Gasteiger partial charge in [0.2, 0.25) is 0 Å². The van der Waals surface area contributed by atoms with Crippen molar-refractivity contribution < 1.29 is 8.76 Å². The fourth-order valence-electron chi connectivity index (χ4n) is 0.647. The molecule has 0 rings (SSSR count). The lowest BCUT2D eigenvalue weighted by molar-refractivity contribution is 0.561. The molecule has 0 aromatic heterocycles. The first-order valence-corrected chi connectivity index (χ1v) is 5.08. The molecule has 0 aromatic carbocycles. The quantitative estimate of drug-likeness (QED) is 0.482. The van der Waals surface area contributed by atoms with Gasteiger partial charge in [-0.15, -0.1) is 0 Å². The summed E-state index contributed by atoms with van der Waals surface area (Å²) in [5.41, 5.74) is 0. The second kappa shape index (κ2) is 4.71. The Balaban J connectivity index is 3.45. The highest BCUT2D eigenvalue weighted by atomic mass is 32.2. The molecule has 0 radical (unpaired) electrons. The van der Waals surface area contributed by atoms with E-state index in [9.17, 15) is 4.21 Å². The standard InChI is InChI=1S/C6H15NO2S/c1-2-3-4-5-6-10(7,8)9/h6H,2-5H2,1H3,(H3,7,8,9). The van der Waals surface area contributed by atoms with E-state index >= 15 is 0 Å². The van der Waals surface area contributed by atoms with E-state index in [0.717, 1.165) is 19.3 Å². The Bertz CT molecular complexity index is 174. The minimum Gasteiger partial charge on any atom is -0.303 e. The number of hydrogen-bond acceptors (Lipinski definition) is 1. The van der Waals surface area contributed by atoms with Gasteiger partial charge in [0, 0.05) is 5.37 Å². The van der Waals surface area contributed by atoms with E-state index in [1.807, 2.05) is 0 Å². The fourth-order valence-corrected chi connectivity index (χ4v) is 1.15. The Morgan fingerprint density at radius 1 is 1.60 bits per heavy atom. The van der Waals surface area contributed by atoms with Gasteiger partial charge in [-0.3, -0.25) is 0 Å². The average Bonchev–Trinajstić information content (AvgIpc) is 1.78.